The largest absolute Gasteiger partial charge is 0.450 e. The molecule has 0 aliphatic carbocycles. The number of carbonyl (C=O) groups is 1. The number of nitrogens with one attached hydrogen (secondary N) is 1. The standard InChI is InChI=1S/C20H22BrN3O4S/c1-20(2,3)16-10-17(24(23-16)13-7-8-29(26,27)11-13)22-19(25)15-9-12-5-4-6-14(21)18(12)28-15/h4-6,9-10,13H,7-8,11H2,1-3H3,(H,22,25). The highest BCUT2D eigenvalue weighted by atomic mass is 79.9. The first kappa shape index (κ1) is 20.2. The monoisotopic (exact) mass is 479 g/mol. The summed E-state index contributed by atoms with van der Waals surface area (Å²) in [7, 11) is -3.09. The number of para-hydroxylation sites is 1. The first-order valence-electron chi connectivity index (χ1n) is 9.33. The predicted molar refractivity (Wildman–Crippen MR) is 115 cm³/mol. The number of fused-ring (bicyclic) bond motifs is 1. The van der Waals surface area contributed by atoms with Crippen molar-refractivity contribution in [2.45, 2.75) is 38.6 Å². The van der Waals surface area contributed by atoms with Crippen molar-refractivity contribution in [3.63, 3.8) is 0 Å². The number of amides is 1. The second kappa shape index (κ2) is 6.98. The quantitative estimate of drug-likeness (QED) is 0.603. The molecule has 0 saturated carbocycles. The van der Waals surface area contributed by atoms with Gasteiger partial charge in [-0.1, -0.05) is 32.9 Å². The van der Waals surface area contributed by atoms with Crippen LogP contribution in [0.15, 0.2) is 39.2 Å². The molecule has 1 fully saturated rings. The van der Waals surface area contributed by atoms with E-state index in [0.29, 0.717) is 17.8 Å². The van der Waals surface area contributed by atoms with Crippen LogP contribution in [0.5, 0.6) is 0 Å². The van der Waals surface area contributed by atoms with Crippen molar-refractivity contribution in [2.75, 3.05) is 16.8 Å². The Morgan fingerprint density at radius 3 is 2.69 bits per heavy atom. The summed E-state index contributed by atoms with van der Waals surface area (Å²) >= 11 is 3.42. The molecule has 0 spiro atoms. The van der Waals surface area contributed by atoms with Crippen molar-refractivity contribution in [1.82, 2.24) is 9.78 Å². The van der Waals surface area contributed by atoms with E-state index in [2.05, 4.69) is 26.3 Å². The molecule has 1 unspecified atom stereocenters. The third kappa shape index (κ3) is 3.98. The summed E-state index contributed by atoms with van der Waals surface area (Å²) in [5.74, 6) is 0.402. The number of hydrogen-bond acceptors (Lipinski definition) is 5. The van der Waals surface area contributed by atoms with Crippen molar-refractivity contribution in [3.05, 3.63) is 46.3 Å². The van der Waals surface area contributed by atoms with Crippen molar-refractivity contribution >= 4 is 48.5 Å². The predicted octanol–water partition coefficient (Wildman–Crippen LogP) is 4.30. The molecule has 1 saturated heterocycles. The van der Waals surface area contributed by atoms with Gasteiger partial charge in [0.15, 0.2) is 15.6 Å². The van der Waals surface area contributed by atoms with Crippen molar-refractivity contribution in [1.29, 1.82) is 0 Å². The fourth-order valence-corrected chi connectivity index (χ4v) is 5.57. The first-order chi connectivity index (χ1) is 13.5. The van der Waals surface area contributed by atoms with Gasteiger partial charge in [0, 0.05) is 16.9 Å². The van der Waals surface area contributed by atoms with Crippen molar-refractivity contribution < 1.29 is 17.6 Å². The zero-order valence-electron chi connectivity index (χ0n) is 16.4. The maximum Gasteiger partial charge on any atom is 0.292 e. The molecular formula is C20H22BrN3O4S. The number of furan rings is 1. The molecule has 2 aromatic heterocycles. The Morgan fingerprint density at radius 1 is 1.31 bits per heavy atom. The van der Waals surface area contributed by atoms with Crippen LogP contribution in [0, 0.1) is 0 Å². The smallest absolute Gasteiger partial charge is 0.292 e. The second-order valence-electron chi connectivity index (χ2n) is 8.39. The molecule has 1 N–H and O–H groups in total. The van der Waals surface area contributed by atoms with Gasteiger partial charge >= 0.3 is 0 Å². The van der Waals surface area contributed by atoms with Gasteiger partial charge in [-0.2, -0.15) is 5.10 Å². The number of carbonyl (C=O) groups excluding carboxylic acids is 1. The number of nitrogens with zero attached hydrogens (tertiary/aromatic N) is 2. The molecule has 0 radical (unpaired) electrons. The fraction of sp³-hybridized carbons (Fsp3) is 0.400. The molecule has 154 valence electrons. The summed E-state index contributed by atoms with van der Waals surface area (Å²) in [5.41, 5.74) is 1.14. The lowest BCUT2D eigenvalue weighted by Crippen LogP contribution is -2.20. The molecule has 1 aromatic carbocycles. The van der Waals surface area contributed by atoms with E-state index in [1.54, 1.807) is 16.8 Å². The Labute approximate surface area is 177 Å². The molecule has 3 heterocycles. The first-order valence-corrected chi connectivity index (χ1v) is 11.9. The van der Waals surface area contributed by atoms with Gasteiger partial charge in [0.05, 0.1) is 27.7 Å². The van der Waals surface area contributed by atoms with Gasteiger partial charge < -0.3 is 9.73 Å². The lowest BCUT2D eigenvalue weighted by Gasteiger charge is -2.15. The van der Waals surface area contributed by atoms with Gasteiger partial charge in [0.1, 0.15) is 11.4 Å². The minimum atomic E-state index is -3.09. The number of benzene rings is 1. The number of aromatic nitrogens is 2. The highest BCUT2D eigenvalue weighted by Gasteiger charge is 2.33. The van der Waals surface area contributed by atoms with Crippen LogP contribution in [0.3, 0.4) is 0 Å². The molecule has 9 heteroatoms. The summed E-state index contributed by atoms with van der Waals surface area (Å²) in [6.07, 6.45) is 0.480. The number of anilines is 1. The van der Waals surface area contributed by atoms with Gasteiger partial charge in [-0.05, 0) is 34.5 Å². The molecule has 0 bridgehead atoms. The van der Waals surface area contributed by atoms with E-state index in [9.17, 15) is 13.2 Å². The van der Waals surface area contributed by atoms with E-state index in [-0.39, 0.29) is 28.7 Å². The average Bonchev–Trinajstić information content (AvgIpc) is 3.31. The van der Waals surface area contributed by atoms with Crippen molar-refractivity contribution in [2.24, 2.45) is 0 Å². The van der Waals surface area contributed by atoms with Gasteiger partial charge in [0.2, 0.25) is 0 Å². The molecule has 7 nitrogen and oxygen atoms in total. The molecule has 3 aromatic rings. The topological polar surface area (TPSA) is 94.2 Å². The Bertz CT molecular complexity index is 1200. The van der Waals surface area contributed by atoms with Crippen LogP contribution in [0.4, 0.5) is 5.82 Å². The lowest BCUT2D eigenvalue weighted by atomic mass is 9.92. The highest BCUT2D eigenvalue weighted by Crippen LogP contribution is 2.32. The lowest BCUT2D eigenvalue weighted by molar-refractivity contribution is 0.0997. The van der Waals surface area contributed by atoms with Crippen molar-refractivity contribution in [3.8, 4) is 0 Å². The third-order valence-electron chi connectivity index (χ3n) is 5.02. The summed E-state index contributed by atoms with van der Waals surface area (Å²) < 4.78 is 32.0. The minimum Gasteiger partial charge on any atom is -0.450 e. The zero-order valence-corrected chi connectivity index (χ0v) is 18.8. The molecule has 29 heavy (non-hydrogen) atoms. The number of hydrogen-bond donors (Lipinski definition) is 1. The van der Waals surface area contributed by atoms with Crippen LogP contribution in [0.2, 0.25) is 0 Å². The zero-order chi connectivity index (χ0) is 21.0. The Hall–Kier alpha value is -2.13. The van der Waals surface area contributed by atoms with Crippen LogP contribution in [-0.2, 0) is 15.3 Å². The van der Waals surface area contributed by atoms with E-state index in [1.165, 1.54) is 0 Å². The van der Waals surface area contributed by atoms with E-state index >= 15 is 0 Å². The summed E-state index contributed by atoms with van der Waals surface area (Å²) in [6, 6.07) is 8.78. The highest BCUT2D eigenvalue weighted by molar-refractivity contribution is 9.10. The number of sulfone groups is 1. The maximum absolute atomic E-state index is 12.9. The number of halogens is 1. The van der Waals surface area contributed by atoms with E-state index in [0.717, 1.165) is 15.6 Å². The summed E-state index contributed by atoms with van der Waals surface area (Å²) in [4.78, 5) is 12.9. The third-order valence-corrected chi connectivity index (χ3v) is 7.39. The molecule has 1 atom stereocenters. The summed E-state index contributed by atoms with van der Waals surface area (Å²) in [6.45, 7) is 6.06. The van der Waals surface area contributed by atoms with Gasteiger partial charge in [-0.15, -0.1) is 0 Å². The number of rotatable bonds is 3. The normalized spacial score (nSPS) is 19.0. The van der Waals surface area contributed by atoms with Gasteiger partial charge in [-0.3, -0.25) is 4.79 Å². The Kier molecular flexibility index (Phi) is 4.85. The molecule has 4 rings (SSSR count). The van der Waals surface area contributed by atoms with Crippen LogP contribution in [-0.4, -0.2) is 35.6 Å². The Morgan fingerprint density at radius 2 is 2.07 bits per heavy atom. The van der Waals surface area contributed by atoms with E-state index in [4.69, 9.17) is 4.42 Å². The van der Waals surface area contributed by atoms with Gasteiger partial charge in [0.25, 0.3) is 5.91 Å². The van der Waals surface area contributed by atoms with Crippen LogP contribution in [0.1, 0.15) is 49.5 Å². The summed E-state index contributed by atoms with van der Waals surface area (Å²) in [5, 5.41) is 8.31. The molecule has 1 aliphatic heterocycles. The van der Waals surface area contributed by atoms with Crippen LogP contribution in [0.25, 0.3) is 11.0 Å². The maximum atomic E-state index is 12.9. The van der Waals surface area contributed by atoms with E-state index in [1.807, 2.05) is 39.0 Å². The van der Waals surface area contributed by atoms with Crippen LogP contribution < -0.4 is 5.32 Å². The van der Waals surface area contributed by atoms with Gasteiger partial charge in [-0.25, -0.2) is 13.1 Å². The Balaban J connectivity index is 1.68. The molecule has 1 aliphatic rings. The minimum absolute atomic E-state index is 0.0265. The van der Waals surface area contributed by atoms with E-state index < -0.39 is 15.7 Å². The van der Waals surface area contributed by atoms with Crippen LogP contribution >= 0.6 is 15.9 Å². The molecular weight excluding hydrogens is 458 g/mol. The fourth-order valence-electron chi connectivity index (χ4n) is 3.42. The molecule has 1 amide bonds. The average molecular weight is 480 g/mol. The second-order valence-corrected chi connectivity index (χ2v) is 11.5. The SMILES string of the molecule is CC(C)(C)c1cc(NC(=O)c2cc3cccc(Br)c3o2)n(C2CCS(=O)(=O)C2)n1.